The van der Waals surface area contributed by atoms with E-state index in [1.165, 1.54) is 12.1 Å². The van der Waals surface area contributed by atoms with E-state index in [1.54, 1.807) is 30.3 Å². The van der Waals surface area contributed by atoms with Crippen LogP contribution in [0.15, 0.2) is 48.5 Å². The molecule has 0 saturated carbocycles. The molecule has 0 bridgehead atoms. The van der Waals surface area contributed by atoms with Gasteiger partial charge < -0.3 is 9.84 Å². The van der Waals surface area contributed by atoms with Crippen LogP contribution in [0.1, 0.15) is 27.0 Å². The van der Waals surface area contributed by atoms with Crippen LogP contribution in [0, 0.1) is 19.3 Å². The number of rotatable bonds is 7. The monoisotopic (exact) mass is 334 g/mol. The van der Waals surface area contributed by atoms with Crippen LogP contribution >= 0.6 is 0 Å². The molecule has 0 unspecified atom stereocenters. The van der Waals surface area contributed by atoms with Crippen molar-refractivity contribution < 1.29 is 19.4 Å². The second-order valence-corrected chi connectivity index (χ2v) is 5.46. The average molecular weight is 334 g/mol. The molecular formula is C21H18O4. The van der Waals surface area contributed by atoms with Crippen LogP contribution in [-0.4, -0.2) is 23.5 Å². The Morgan fingerprint density at radius 2 is 2.00 bits per heavy atom. The molecule has 0 aromatic heterocycles. The van der Waals surface area contributed by atoms with Gasteiger partial charge in [-0.1, -0.05) is 36.3 Å². The molecule has 0 amide bonds. The number of carbonyl (C=O) groups is 2. The van der Waals surface area contributed by atoms with Gasteiger partial charge in [0.2, 0.25) is 0 Å². The Bertz CT molecular complexity index is 856. The molecule has 4 nitrogen and oxygen atoms in total. The summed E-state index contributed by atoms with van der Waals surface area (Å²) in [4.78, 5) is 23.3. The minimum Gasteiger partial charge on any atom is -0.481 e. The lowest BCUT2D eigenvalue weighted by Crippen LogP contribution is -2.06. The van der Waals surface area contributed by atoms with Crippen LogP contribution in [0.3, 0.4) is 0 Å². The van der Waals surface area contributed by atoms with Crippen molar-refractivity contribution in [1.82, 2.24) is 0 Å². The van der Waals surface area contributed by atoms with Gasteiger partial charge in [-0.25, -0.2) is 4.79 Å². The number of aromatic carboxylic acids is 1. The minimum atomic E-state index is -1.04. The highest BCUT2D eigenvalue weighted by atomic mass is 16.5. The first-order valence-electron chi connectivity index (χ1n) is 7.70. The normalized spacial score (nSPS) is 10.4. The fraction of sp³-hybridized carbons (Fsp3) is 0.143. The van der Waals surface area contributed by atoms with Crippen LogP contribution < -0.4 is 4.74 Å². The highest BCUT2D eigenvalue weighted by Crippen LogP contribution is 2.20. The Balaban J connectivity index is 2.07. The maximum absolute atomic E-state index is 12.1. The number of carboxylic acids is 1. The Hall–Kier alpha value is -3.32. The molecule has 2 aromatic carbocycles. The Morgan fingerprint density at radius 1 is 1.24 bits per heavy atom. The van der Waals surface area contributed by atoms with E-state index in [4.69, 9.17) is 16.3 Å². The summed E-state index contributed by atoms with van der Waals surface area (Å²) in [6.07, 6.45) is 8.36. The summed E-state index contributed by atoms with van der Waals surface area (Å²) >= 11 is 0. The van der Waals surface area contributed by atoms with E-state index in [0.29, 0.717) is 11.3 Å². The quantitative estimate of drug-likeness (QED) is 0.621. The molecule has 0 aliphatic rings. The molecule has 25 heavy (non-hydrogen) atoms. The number of hydrogen-bond donors (Lipinski definition) is 1. The van der Waals surface area contributed by atoms with E-state index < -0.39 is 5.97 Å². The SMILES string of the molecule is C#CCOc1ccc(/C=C/C(=O)Cc2ccccc2C(=O)O)cc1C. The van der Waals surface area contributed by atoms with E-state index in [-0.39, 0.29) is 24.4 Å². The molecule has 1 N–H and O–H groups in total. The maximum Gasteiger partial charge on any atom is 0.335 e. The molecule has 2 aromatic rings. The van der Waals surface area contributed by atoms with Crippen LogP contribution in [0.25, 0.3) is 6.08 Å². The standard InChI is InChI=1S/C21H18O4/c1-3-12-25-20-11-9-16(13-15(20)2)8-10-18(22)14-17-6-4-5-7-19(17)21(23)24/h1,4-11,13H,12,14H2,2H3,(H,23,24)/b10-8+. The number of aryl methyl sites for hydroxylation is 1. The second-order valence-electron chi connectivity index (χ2n) is 5.46. The summed E-state index contributed by atoms with van der Waals surface area (Å²) in [7, 11) is 0. The average Bonchev–Trinajstić information content (AvgIpc) is 2.59. The van der Waals surface area contributed by atoms with Crippen molar-refractivity contribution in [1.29, 1.82) is 0 Å². The van der Waals surface area contributed by atoms with Gasteiger partial charge in [0.1, 0.15) is 12.4 Å². The van der Waals surface area contributed by atoms with E-state index in [1.807, 2.05) is 19.1 Å². The van der Waals surface area contributed by atoms with Gasteiger partial charge in [0.15, 0.2) is 5.78 Å². The van der Waals surface area contributed by atoms with Crippen molar-refractivity contribution in [3.05, 3.63) is 70.8 Å². The van der Waals surface area contributed by atoms with Crippen LogP contribution in [0.4, 0.5) is 0 Å². The summed E-state index contributed by atoms with van der Waals surface area (Å²) in [5.74, 6) is 1.91. The van der Waals surface area contributed by atoms with E-state index in [2.05, 4.69) is 5.92 Å². The van der Waals surface area contributed by atoms with Gasteiger partial charge in [0, 0.05) is 6.42 Å². The molecular weight excluding hydrogens is 316 g/mol. The van der Waals surface area contributed by atoms with Crippen molar-refractivity contribution in [3.8, 4) is 18.1 Å². The van der Waals surface area contributed by atoms with Gasteiger partial charge in [0.25, 0.3) is 0 Å². The van der Waals surface area contributed by atoms with Gasteiger partial charge in [-0.15, -0.1) is 6.42 Å². The lowest BCUT2D eigenvalue weighted by Gasteiger charge is -2.07. The summed E-state index contributed by atoms with van der Waals surface area (Å²) in [5, 5.41) is 9.15. The van der Waals surface area contributed by atoms with Crippen LogP contribution in [0.5, 0.6) is 5.75 Å². The zero-order chi connectivity index (χ0) is 18.2. The van der Waals surface area contributed by atoms with Crippen molar-refractivity contribution in [2.75, 3.05) is 6.61 Å². The summed E-state index contributed by atoms with van der Waals surface area (Å²) in [6, 6.07) is 12.0. The van der Waals surface area contributed by atoms with Crippen molar-refractivity contribution in [2.24, 2.45) is 0 Å². The van der Waals surface area contributed by atoms with Crippen molar-refractivity contribution in [2.45, 2.75) is 13.3 Å². The third-order valence-electron chi connectivity index (χ3n) is 3.58. The van der Waals surface area contributed by atoms with Crippen LogP contribution in [-0.2, 0) is 11.2 Å². The molecule has 126 valence electrons. The summed E-state index contributed by atoms with van der Waals surface area (Å²) in [5.41, 5.74) is 2.42. The highest BCUT2D eigenvalue weighted by molar-refractivity contribution is 5.97. The van der Waals surface area contributed by atoms with E-state index in [9.17, 15) is 9.59 Å². The Labute approximate surface area is 146 Å². The lowest BCUT2D eigenvalue weighted by molar-refractivity contribution is -0.113. The molecule has 0 radical (unpaired) electrons. The van der Waals surface area contributed by atoms with Crippen molar-refractivity contribution >= 4 is 17.8 Å². The number of ether oxygens (including phenoxy) is 1. The molecule has 0 atom stereocenters. The van der Waals surface area contributed by atoms with Crippen LogP contribution in [0.2, 0.25) is 0 Å². The molecule has 0 aliphatic carbocycles. The molecule has 0 fully saturated rings. The third kappa shape index (κ3) is 5.08. The third-order valence-corrected chi connectivity index (χ3v) is 3.58. The van der Waals surface area contributed by atoms with E-state index in [0.717, 1.165) is 11.1 Å². The first-order chi connectivity index (χ1) is 12.0. The second kappa shape index (κ2) is 8.51. The molecule has 2 rings (SSSR count). The molecule has 0 aliphatic heterocycles. The number of benzene rings is 2. The van der Waals surface area contributed by atoms with Gasteiger partial charge in [-0.05, 0) is 47.9 Å². The first kappa shape index (κ1) is 18.0. The van der Waals surface area contributed by atoms with Crippen molar-refractivity contribution in [3.63, 3.8) is 0 Å². The fourth-order valence-electron chi connectivity index (χ4n) is 2.38. The predicted octanol–water partition coefficient (Wildman–Crippen LogP) is 3.53. The largest absolute Gasteiger partial charge is 0.481 e. The maximum atomic E-state index is 12.1. The van der Waals surface area contributed by atoms with Gasteiger partial charge in [-0.2, -0.15) is 0 Å². The smallest absolute Gasteiger partial charge is 0.335 e. The zero-order valence-electron chi connectivity index (χ0n) is 13.9. The number of hydrogen-bond acceptors (Lipinski definition) is 3. The minimum absolute atomic E-state index is 0.0430. The van der Waals surface area contributed by atoms with Gasteiger partial charge in [-0.3, -0.25) is 4.79 Å². The first-order valence-corrected chi connectivity index (χ1v) is 7.70. The number of terminal acetylenes is 1. The number of ketones is 1. The molecule has 4 heteroatoms. The summed E-state index contributed by atoms with van der Waals surface area (Å²) in [6.45, 7) is 2.10. The number of carboxylic acid groups (broad SMARTS) is 1. The molecule has 0 saturated heterocycles. The summed E-state index contributed by atoms with van der Waals surface area (Å²) < 4.78 is 5.40. The Kier molecular flexibility index (Phi) is 6.14. The Morgan fingerprint density at radius 3 is 2.68 bits per heavy atom. The topological polar surface area (TPSA) is 63.6 Å². The highest BCUT2D eigenvalue weighted by Gasteiger charge is 2.11. The lowest BCUT2D eigenvalue weighted by atomic mass is 10.0. The number of carbonyl (C=O) groups excluding carboxylic acids is 1. The van der Waals surface area contributed by atoms with Gasteiger partial charge in [0.05, 0.1) is 5.56 Å². The molecule has 0 spiro atoms. The number of allylic oxidation sites excluding steroid dienone is 1. The van der Waals surface area contributed by atoms with Gasteiger partial charge >= 0.3 is 5.97 Å². The predicted molar refractivity (Wildman–Crippen MR) is 96.7 cm³/mol. The fourth-order valence-corrected chi connectivity index (χ4v) is 2.38. The molecule has 0 heterocycles. The van der Waals surface area contributed by atoms with E-state index >= 15 is 0 Å². The zero-order valence-corrected chi connectivity index (χ0v) is 13.9.